The first-order valence-corrected chi connectivity index (χ1v) is 12.8. The minimum absolute atomic E-state index is 0.0510. The predicted octanol–water partition coefficient (Wildman–Crippen LogP) is 3.83. The highest BCUT2D eigenvalue weighted by atomic mass is 16.3. The molecule has 9 heteroatoms. The van der Waals surface area contributed by atoms with E-state index >= 15 is 0 Å². The van der Waals surface area contributed by atoms with Crippen LogP contribution in [0.3, 0.4) is 0 Å². The summed E-state index contributed by atoms with van der Waals surface area (Å²) in [5.74, 6) is 0.0275. The van der Waals surface area contributed by atoms with E-state index in [1.54, 1.807) is 24.3 Å². The molecule has 1 aromatic carbocycles. The van der Waals surface area contributed by atoms with Crippen LogP contribution in [-0.2, 0) is 11.3 Å². The Kier molecular flexibility index (Phi) is 6.62. The SMILES string of the molecule is Cc1cc(C)n(CCN2C(=O)c3cccc(N4CCC[C@@H](C(=O)N(C)[C@H](C)c5ccco5)C4)c3C2=O)n1. The summed E-state index contributed by atoms with van der Waals surface area (Å²) in [7, 11) is 1.80. The Balaban J connectivity index is 1.32. The average molecular weight is 504 g/mol. The smallest absolute Gasteiger partial charge is 0.263 e. The lowest BCUT2D eigenvalue weighted by Gasteiger charge is -2.37. The standard InChI is InChI=1S/C28H33N5O4/c1-18-16-19(2)33(29-18)14-13-32-27(35)22-9-5-10-23(25(22)28(32)36)31-12-6-8-21(17-31)26(34)30(4)20(3)24-11-7-15-37-24/h5,7,9-11,15-16,20-21H,6,8,12-14,17H2,1-4H3/t20-,21-/m1/s1. The maximum absolute atomic E-state index is 13.5. The van der Waals surface area contributed by atoms with E-state index in [2.05, 4.69) is 10.00 Å². The van der Waals surface area contributed by atoms with Crippen molar-refractivity contribution in [1.82, 2.24) is 19.6 Å². The molecular formula is C28H33N5O4. The molecule has 1 saturated heterocycles. The van der Waals surface area contributed by atoms with E-state index in [9.17, 15) is 14.4 Å². The number of aromatic nitrogens is 2. The maximum Gasteiger partial charge on any atom is 0.263 e. The van der Waals surface area contributed by atoms with Crippen LogP contribution in [0.5, 0.6) is 0 Å². The van der Waals surface area contributed by atoms with E-state index in [-0.39, 0.29) is 36.2 Å². The second-order valence-corrected chi connectivity index (χ2v) is 10.0. The van der Waals surface area contributed by atoms with Gasteiger partial charge in [-0.15, -0.1) is 0 Å². The highest BCUT2D eigenvalue weighted by Crippen LogP contribution is 2.35. The van der Waals surface area contributed by atoms with Gasteiger partial charge in [0.25, 0.3) is 11.8 Å². The fourth-order valence-corrected chi connectivity index (χ4v) is 5.47. The van der Waals surface area contributed by atoms with Crippen molar-refractivity contribution in [2.75, 3.05) is 31.6 Å². The number of hydrogen-bond acceptors (Lipinski definition) is 6. The van der Waals surface area contributed by atoms with E-state index in [1.165, 1.54) is 4.90 Å². The van der Waals surface area contributed by atoms with Gasteiger partial charge in [-0.3, -0.25) is 24.0 Å². The Bertz CT molecular complexity index is 1330. The zero-order chi connectivity index (χ0) is 26.3. The molecule has 0 radical (unpaired) electrons. The lowest BCUT2D eigenvalue weighted by Crippen LogP contribution is -2.44. The van der Waals surface area contributed by atoms with Crippen LogP contribution in [0.2, 0.25) is 0 Å². The summed E-state index contributed by atoms with van der Waals surface area (Å²) in [4.78, 5) is 45.2. The number of carbonyl (C=O) groups excluding carboxylic acids is 3. The quantitative estimate of drug-likeness (QED) is 0.455. The lowest BCUT2D eigenvalue weighted by molar-refractivity contribution is -0.136. The van der Waals surface area contributed by atoms with E-state index in [0.717, 1.165) is 42.2 Å². The molecule has 0 unspecified atom stereocenters. The van der Waals surface area contributed by atoms with Gasteiger partial charge in [0, 0.05) is 32.4 Å². The Labute approximate surface area is 216 Å². The third-order valence-electron chi connectivity index (χ3n) is 7.61. The molecule has 4 heterocycles. The van der Waals surface area contributed by atoms with Gasteiger partial charge in [0.15, 0.2) is 0 Å². The van der Waals surface area contributed by atoms with Gasteiger partial charge in [-0.05, 0) is 63.9 Å². The second kappa shape index (κ2) is 9.88. The van der Waals surface area contributed by atoms with Crippen molar-refractivity contribution in [3.05, 3.63) is 70.9 Å². The van der Waals surface area contributed by atoms with E-state index < -0.39 is 0 Å². The monoisotopic (exact) mass is 503 g/mol. The minimum atomic E-state index is -0.283. The number of anilines is 1. The molecule has 2 atom stereocenters. The predicted molar refractivity (Wildman–Crippen MR) is 138 cm³/mol. The molecule has 3 aromatic rings. The summed E-state index contributed by atoms with van der Waals surface area (Å²) < 4.78 is 7.32. The number of imide groups is 1. The van der Waals surface area contributed by atoms with Crippen LogP contribution in [0.1, 0.15) is 63.7 Å². The number of fused-ring (bicyclic) bond motifs is 1. The molecule has 0 bridgehead atoms. The van der Waals surface area contributed by atoms with E-state index in [4.69, 9.17) is 4.42 Å². The van der Waals surface area contributed by atoms with Gasteiger partial charge in [-0.1, -0.05) is 6.07 Å². The third kappa shape index (κ3) is 4.54. The van der Waals surface area contributed by atoms with Crippen molar-refractivity contribution in [1.29, 1.82) is 0 Å². The highest BCUT2D eigenvalue weighted by molar-refractivity contribution is 6.23. The van der Waals surface area contributed by atoms with E-state index in [1.807, 2.05) is 55.8 Å². The first-order chi connectivity index (χ1) is 17.8. The number of amides is 3. The maximum atomic E-state index is 13.5. The molecule has 2 aliphatic heterocycles. The lowest BCUT2D eigenvalue weighted by atomic mass is 9.94. The number of benzene rings is 1. The Morgan fingerprint density at radius 1 is 1.16 bits per heavy atom. The molecule has 194 valence electrons. The van der Waals surface area contributed by atoms with Crippen LogP contribution < -0.4 is 4.90 Å². The normalized spacial score (nSPS) is 18.3. The second-order valence-electron chi connectivity index (χ2n) is 10.0. The zero-order valence-electron chi connectivity index (χ0n) is 21.8. The van der Waals surface area contributed by atoms with Gasteiger partial charge in [-0.2, -0.15) is 5.10 Å². The number of hydrogen-bond donors (Lipinski definition) is 0. The topological polar surface area (TPSA) is 91.9 Å². The number of aryl methyl sites for hydroxylation is 2. The van der Waals surface area contributed by atoms with Crippen LogP contribution in [0.4, 0.5) is 5.69 Å². The fourth-order valence-electron chi connectivity index (χ4n) is 5.47. The van der Waals surface area contributed by atoms with Gasteiger partial charge in [0.1, 0.15) is 5.76 Å². The number of piperidine rings is 1. The molecule has 2 aliphatic rings. The molecular weight excluding hydrogens is 470 g/mol. The third-order valence-corrected chi connectivity index (χ3v) is 7.61. The molecule has 2 aromatic heterocycles. The van der Waals surface area contributed by atoms with Crippen LogP contribution in [0, 0.1) is 19.8 Å². The summed E-state index contributed by atoms with van der Waals surface area (Å²) >= 11 is 0. The highest BCUT2D eigenvalue weighted by Gasteiger charge is 2.39. The van der Waals surface area contributed by atoms with Gasteiger partial charge >= 0.3 is 0 Å². The van der Waals surface area contributed by atoms with Gasteiger partial charge in [0.05, 0.1) is 47.3 Å². The molecule has 1 fully saturated rings. The van der Waals surface area contributed by atoms with E-state index in [0.29, 0.717) is 24.2 Å². The Morgan fingerprint density at radius 2 is 1.97 bits per heavy atom. The van der Waals surface area contributed by atoms with Crippen molar-refractivity contribution in [2.45, 2.75) is 46.2 Å². The molecule has 0 aliphatic carbocycles. The van der Waals surface area contributed by atoms with Crippen molar-refractivity contribution in [2.24, 2.45) is 5.92 Å². The van der Waals surface area contributed by atoms with Crippen LogP contribution in [0.15, 0.2) is 47.1 Å². The molecule has 0 N–H and O–H groups in total. The average Bonchev–Trinajstić information content (AvgIpc) is 3.61. The van der Waals surface area contributed by atoms with Crippen molar-refractivity contribution in [3.63, 3.8) is 0 Å². The summed E-state index contributed by atoms with van der Waals surface area (Å²) in [5.41, 5.74) is 3.48. The fraction of sp³-hybridized carbons (Fsp3) is 0.429. The first-order valence-electron chi connectivity index (χ1n) is 12.8. The Morgan fingerprint density at radius 3 is 2.68 bits per heavy atom. The number of nitrogens with zero attached hydrogens (tertiary/aromatic N) is 5. The van der Waals surface area contributed by atoms with Crippen LogP contribution in [-0.4, -0.2) is 64.0 Å². The molecule has 3 amide bonds. The summed E-state index contributed by atoms with van der Waals surface area (Å²) in [6.45, 7) is 7.76. The molecule has 0 saturated carbocycles. The van der Waals surface area contributed by atoms with Crippen molar-refractivity contribution in [3.8, 4) is 0 Å². The van der Waals surface area contributed by atoms with Crippen LogP contribution in [0.25, 0.3) is 0 Å². The summed E-state index contributed by atoms with van der Waals surface area (Å²) in [6, 6.07) is 10.9. The minimum Gasteiger partial charge on any atom is -0.467 e. The molecule has 37 heavy (non-hydrogen) atoms. The van der Waals surface area contributed by atoms with Gasteiger partial charge < -0.3 is 14.2 Å². The van der Waals surface area contributed by atoms with Crippen molar-refractivity contribution < 1.29 is 18.8 Å². The van der Waals surface area contributed by atoms with Crippen molar-refractivity contribution >= 4 is 23.4 Å². The van der Waals surface area contributed by atoms with Gasteiger partial charge in [0.2, 0.25) is 5.91 Å². The molecule has 5 rings (SSSR count). The summed E-state index contributed by atoms with van der Waals surface area (Å²) in [6.07, 6.45) is 3.22. The van der Waals surface area contributed by atoms with Gasteiger partial charge in [-0.25, -0.2) is 0 Å². The number of furan rings is 1. The largest absolute Gasteiger partial charge is 0.467 e. The molecule has 0 spiro atoms. The zero-order valence-corrected chi connectivity index (χ0v) is 21.8. The Hall–Kier alpha value is -3.88. The number of rotatable bonds is 7. The molecule has 9 nitrogen and oxygen atoms in total. The summed E-state index contributed by atoms with van der Waals surface area (Å²) in [5, 5.41) is 4.45. The first kappa shape index (κ1) is 24.8. The van der Waals surface area contributed by atoms with Crippen LogP contribution >= 0.6 is 0 Å². The number of carbonyl (C=O) groups is 3.